The lowest BCUT2D eigenvalue weighted by Crippen LogP contribution is -2.27. The van der Waals surface area contributed by atoms with E-state index in [-0.39, 0.29) is 22.8 Å². The summed E-state index contributed by atoms with van der Waals surface area (Å²) >= 11 is 6.46. The first kappa shape index (κ1) is 24.7. The summed E-state index contributed by atoms with van der Waals surface area (Å²) in [4.78, 5) is 13.9. The van der Waals surface area contributed by atoms with Crippen LogP contribution in [0.2, 0.25) is 5.02 Å². The predicted molar refractivity (Wildman–Crippen MR) is 140 cm³/mol. The molecule has 35 heavy (non-hydrogen) atoms. The molecule has 1 aromatic heterocycles. The first-order valence-corrected chi connectivity index (χ1v) is 11.8. The largest absolute Gasteiger partial charge is 0.494 e. The first-order valence-electron chi connectivity index (χ1n) is 11.4. The average molecular weight is 491 g/mol. The number of ether oxygens (including phenoxy) is 1. The molecule has 0 bridgehead atoms. The van der Waals surface area contributed by atoms with Crippen molar-refractivity contribution >= 4 is 11.6 Å². The summed E-state index contributed by atoms with van der Waals surface area (Å²) in [6, 6.07) is 21.7. The molecular weight excluding hydrogens is 463 g/mol. The molecule has 2 N–H and O–H groups in total. The van der Waals surface area contributed by atoms with Gasteiger partial charge in [0.2, 0.25) is 0 Å². The Kier molecular flexibility index (Phi) is 7.39. The highest BCUT2D eigenvalue weighted by Crippen LogP contribution is 2.31. The molecule has 4 rings (SSSR count). The van der Waals surface area contributed by atoms with E-state index in [1.54, 1.807) is 12.1 Å². The van der Waals surface area contributed by atoms with Crippen LogP contribution in [0.25, 0.3) is 11.1 Å². The van der Waals surface area contributed by atoms with Crippen LogP contribution in [0, 0.1) is 19.7 Å². The molecule has 0 amide bonds. The molecule has 0 spiro atoms. The molecule has 1 heterocycles. The van der Waals surface area contributed by atoms with Crippen molar-refractivity contribution in [3.8, 4) is 16.9 Å². The van der Waals surface area contributed by atoms with Gasteiger partial charge in [0.25, 0.3) is 0 Å². The molecule has 1 unspecified atom stereocenters. The van der Waals surface area contributed by atoms with Gasteiger partial charge in [-0.2, -0.15) is 0 Å². The molecule has 180 valence electrons. The Hall–Kier alpha value is -3.41. The van der Waals surface area contributed by atoms with Gasteiger partial charge in [-0.3, -0.25) is 4.79 Å². The Bertz CT molecular complexity index is 1420. The molecule has 6 heteroatoms. The highest BCUT2D eigenvalue weighted by atomic mass is 35.5. The maximum absolute atomic E-state index is 15.4. The summed E-state index contributed by atoms with van der Waals surface area (Å²) in [7, 11) is 1.41. The molecule has 0 fully saturated rings. The van der Waals surface area contributed by atoms with Gasteiger partial charge in [0.05, 0.1) is 12.7 Å². The molecule has 0 aliphatic heterocycles. The van der Waals surface area contributed by atoms with E-state index in [9.17, 15) is 4.79 Å². The number of rotatable bonds is 7. The van der Waals surface area contributed by atoms with Crippen LogP contribution in [0.1, 0.15) is 34.1 Å². The number of benzene rings is 3. The number of halogens is 2. The van der Waals surface area contributed by atoms with Gasteiger partial charge >= 0.3 is 0 Å². The van der Waals surface area contributed by atoms with E-state index in [2.05, 4.69) is 0 Å². The topological polar surface area (TPSA) is 57.2 Å². The number of hydrogen-bond donors (Lipinski definition) is 1. The number of hydrogen-bond acceptors (Lipinski definition) is 3. The third-order valence-electron chi connectivity index (χ3n) is 6.50. The van der Waals surface area contributed by atoms with E-state index in [4.69, 9.17) is 22.1 Å². The Balaban J connectivity index is 1.94. The van der Waals surface area contributed by atoms with Crippen molar-refractivity contribution in [2.75, 3.05) is 7.11 Å². The Morgan fingerprint density at radius 2 is 1.66 bits per heavy atom. The van der Waals surface area contributed by atoms with E-state index in [1.165, 1.54) is 13.2 Å². The highest BCUT2D eigenvalue weighted by molar-refractivity contribution is 6.31. The quantitative estimate of drug-likeness (QED) is 0.334. The third-order valence-corrected chi connectivity index (χ3v) is 6.87. The number of pyridine rings is 1. The minimum atomic E-state index is -0.568. The van der Waals surface area contributed by atoms with Gasteiger partial charge < -0.3 is 15.0 Å². The van der Waals surface area contributed by atoms with Crippen LogP contribution in [-0.2, 0) is 13.0 Å². The van der Waals surface area contributed by atoms with Crippen LogP contribution in [0.4, 0.5) is 4.39 Å². The second kappa shape index (κ2) is 10.5. The monoisotopic (exact) mass is 490 g/mol. The van der Waals surface area contributed by atoms with E-state index >= 15 is 4.39 Å². The Morgan fingerprint density at radius 3 is 2.34 bits per heavy atom. The fourth-order valence-electron chi connectivity index (χ4n) is 4.52. The second-order valence-corrected chi connectivity index (χ2v) is 8.98. The van der Waals surface area contributed by atoms with Gasteiger partial charge in [0, 0.05) is 40.1 Å². The fourth-order valence-corrected chi connectivity index (χ4v) is 4.72. The van der Waals surface area contributed by atoms with Crippen molar-refractivity contribution in [3.63, 3.8) is 0 Å². The standard InChI is InChI=1S/C29H28ClFN2O2/c1-18-23(16-25(32)20-10-5-4-6-11-20)29(34)27(22-13-9-15-26(35-3)28(22)31)19(2)33(18)17-21-12-7-8-14-24(21)30/h4-15,25H,16-17,32H2,1-3H3. The SMILES string of the molecule is COc1cccc(-c2c(C)n(Cc3ccccc3Cl)c(C)c(CC(N)c3ccccc3)c2=O)c1F. The summed E-state index contributed by atoms with van der Waals surface area (Å²) in [6.07, 6.45) is 0.316. The highest BCUT2D eigenvalue weighted by Gasteiger charge is 2.24. The summed E-state index contributed by atoms with van der Waals surface area (Å²) < 4.78 is 22.6. The molecule has 0 radical (unpaired) electrons. The minimum Gasteiger partial charge on any atom is -0.494 e. The zero-order valence-electron chi connectivity index (χ0n) is 20.0. The lowest BCUT2D eigenvalue weighted by molar-refractivity contribution is 0.387. The van der Waals surface area contributed by atoms with Crippen LogP contribution in [0.15, 0.2) is 77.6 Å². The van der Waals surface area contributed by atoms with Gasteiger partial charge in [-0.25, -0.2) is 4.39 Å². The third kappa shape index (κ3) is 4.88. The lowest BCUT2D eigenvalue weighted by Gasteiger charge is -2.23. The maximum Gasteiger partial charge on any atom is 0.193 e. The summed E-state index contributed by atoms with van der Waals surface area (Å²) in [5.41, 5.74) is 10.6. The molecule has 4 aromatic rings. The van der Waals surface area contributed by atoms with Crippen molar-refractivity contribution in [1.29, 1.82) is 0 Å². The number of nitrogens with zero attached hydrogens (tertiary/aromatic N) is 1. The number of aromatic nitrogens is 1. The van der Waals surface area contributed by atoms with E-state index < -0.39 is 5.82 Å². The normalized spacial score (nSPS) is 11.9. The molecule has 0 saturated heterocycles. The van der Waals surface area contributed by atoms with Crippen LogP contribution in [0.5, 0.6) is 5.75 Å². The lowest BCUT2D eigenvalue weighted by atomic mass is 9.93. The minimum absolute atomic E-state index is 0.0852. The summed E-state index contributed by atoms with van der Waals surface area (Å²) in [6.45, 7) is 4.17. The van der Waals surface area contributed by atoms with Crippen LogP contribution in [0.3, 0.4) is 0 Å². The molecule has 4 nitrogen and oxygen atoms in total. The molecule has 3 aromatic carbocycles. The summed E-state index contributed by atoms with van der Waals surface area (Å²) in [5, 5.41) is 0.627. The number of methoxy groups -OCH3 is 1. The second-order valence-electron chi connectivity index (χ2n) is 8.57. The van der Waals surface area contributed by atoms with Gasteiger partial charge in [-0.05, 0) is 43.5 Å². The van der Waals surface area contributed by atoms with Crippen LogP contribution < -0.4 is 15.9 Å². The van der Waals surface area contributed by atoms with Gasteiger partial charge in [0.1, 0.15) is 0 Å². The predicted octanol–water partition coefficient (Wildman–Crippen LogP) is 6.22. The average Bonchev–Trinajstić information content (AvgIpc) is 2.87. The maximum atomic E-state index is 15.4. The van der Waals surface area contributed by atoms with Crippen LogP contribution in [-0.4, -0.2) is 11.7 Å². The van der Waals surface area contributed by atoms with E-state index in [0.29, 0.717) is 34.8 Å². The Morgan fingerprint density at radius 1 is 0.971 bits per heavy atom. The molecule has 0 aliphatic carbocycles. The molecule has 1 atom stereocenters. The van der Waals surface area contributed by atoms with E-state index in [0.717, 1.165) is 16.8 Å². The molecule has 0 aliphatic rings. The van der Waals surface area contributed by atoms with Gasteiger partial charge in [-0.1, -0.05) is 72.3 Å². The first-order chi connectivity index (χ1) is 16.8. The van der Waals surface area contributed by atoms with Crippen LogP contribution >= 0.6 is 11.6 Å². The smallest absolute Gasteiger partial charge is 0.193 e. The van der Waals surface area contributed by atoms with Crippen molar-refractivity contribution in [3.05, 3.63) is 122 Å². The zero-order valence-corrected chi connectivity index (χ0v) is 20.8. The zero-order chi connectivity index (χ0) is 25.1. The van der Waals surface area contributed by atoms with Gasteiger partial charge in [0.15, 0.2) is 17.0 Å². The van der Waals surface area contributed by atoms with Gasteiger partial charge in [-0.15, -0.1) is 0 Å². The van der Waals surface area contributed by atoms with Crippen molar-refractivity contribution in [2.24, 2.45) is 5.73 Å². The summed E-state index contributed by atoms with van der Waals surface area (Å²) in [5.74, 6) is -0.483. The van der Waals surface area contributed by atoms with Crippen molar-refractivity contribution in [1.82, 2.24) is 4.57 Å². The molecule has 0 saturated carbocycles. The van der Waals surface area contributed by atoms with Crippen molar-refractivity contribution < 1.29 is 9.13 Å². The fraction of sp³-hybridized carbons (Fsp3) is 0.207. The molecular formula is C29H28ClFN2O2. The number of nitrogens with two attached hydrogens (primary N) is 1. The Labute approximate surface area is 209 Å². The van der Waals surface area contributed by atoms with E-state index in [1.807, 2.05) is 73.0 Å². The van der Waals surface area contributed by atoms with Crippen molar-refractivity contribution in [2.45, 2.75) is 32.9 Å².